The molecule has 0 saturated carbocycles. The number of hydrogen-bond acceptors (Lipinski definition) is 5. The van der Waals surface area contributed by atoms with E-state index in [0.717, 1.165) is 19.3 Å². The Balaban J connectivity index is 1.79. The molecule has 1 N–H and O–H groups in total. The number of carbonyl (C=O) groups excluding carboxylic acids is 2. The maximum atomic E-state index is 12.9. The lowest BCUT2D eigenvalue weighted by molar-refractivity contribution is 0.0526. The van der Waals surface area contributed by atoms with Crippen LogP contribution < -0.4 is 5.32 Å². The lowest BCUT2D eigenvalue weighted by atomic mass is 10.1. The molecule has 1 saturated heterocycles. The molecule has 0 aliphatic carbocycles. The third-order valence-corrected chi connectivity index (χ3v) is 6.96. The number of benzene rings is 2. The highest BCUT2D eigenvalue weighted by molar-refractivity contribution is 7.89. The van der Waals surface area contributed by atoms with Crippen LogP contribution in [0.3, 0.4) is 0 Å². The van der Waals surface area contributed by atoms with Crippen molar-refractivity contribution in [3.63, 3.8) is 0 Å². The Morgan fingerprint density at radius 1 is 1.03 bits per heavy atom. The maximum absolute atomic E-state index is 12.9. The summed E-state index contributed by atoms with van der Waals surface area (Å²) in [5.41, 5.74) is 1.85. The Hall–Kier alpha value is -2.71. The van der Waals surface area contributed by atoms with Gasteiger partial charge in [0.1, 0.15) is 0 Å². The van der Waals surface area contributed by atoms with E-state index in [1.807, 2.05) is 0 Å². The van der Waals surface area contributed by atoms with Gasteiger partial charge in [-0.05, 0) is 68.7 Å². The summed E-state index contributed by atoms with van der Waals surface area (Å²) in [6.07, 6.45) is 2.73. The van der Waals surface area contributed by atoms with Crippen molar-refractivity contribution in [1.82, 2.24) is 4.31 Å². The van der Waals surface area contributed by atoms with Crippen molar-refractivity contribution in [2.45, 2.75) is 38.0 Å². The Bertz CT molecular complexity index is 1030. The van der Waals surface area contributed by atoms with Crippen LogP contribution in [0.1, 0.15) is 52.5 Å². The zero-order chi connectivity index (χ0) is 21.7. The third-order valence-electron chi connectivity index (χ3n) is 5.06. The van der Waals surface area contributed by atoms with Gasteiger partial charge in [0.05, 0.1) is 17.1 Å². The average molecular weight is 431 g/mol. The Labute approximate surface area is 177 Å². The zero-order valence-electron chi connectivity index (χ0n) is 17.2. The van der Waals surface area contributed by atoms with Crippen molar-refractivity contribution in [3.05, 3.63) is 59.2 Å². The van der Waals surface area contributed by atoms with Gasteiger partial charge in [0.2, 0.25) is 10.0 Å². The van der Waals surface area contributed by atoms with E-state index in [0.29, 0.717) is 35.5 Å². The van der Waals surface area contributed by atoms with E-state index in [-0.39, 0.29) is 11.5 Å². The fourth-order valence-electron chi connectivity index (χ4n) is 3.36. The first-order valence-electron chi connectivity index (χ1n) is 10.0. The van der Waals surface area contributed by atoms with Crippen LogP contribution in [0.15, 0.2) is 47.4 Å². The van der Waals surface area contributed by atoms with E-state index in [9.17, 15) is 18.0 Å². The van der Waals surface area contributed by atoms with Gasteiger partial charge in [0.15, 0.2) is 0 Å². The molecular formula is C22H26N2O5S. The monoisotopic (exact) mass is 430 g/mol. The van der Waals surface area contributed by atoms with E-state index in [1.54, 1.807) is 50.2 Å². The number of esters is 1. The van der Waals surface area contributed by atoms with E-state index >= 15 is 0 Å². The number of nitrogens with zero attached hydrogens (tertiary/aromatic N) is 1. The molecule has 0 unspecified atom stereocenters. The SMILES string of the molecule is CCOC(=O)c1ccc(NC(=O)c2cc(S(=O)(=O)N3CCCCC3)ccc2C)cc1. The van der Waals surface area contributed by atoms with Gasteiger partial charge in [-0.25, -0.2) is 13.2 Å². The van der Waals surface area contributed by atoms with E-state index in [2.05, 4.69) is 5.32 Å². The predicted molar refractivity (Wildman–Crippen MR) is 114 cm³/mol. The standard InChI is InChI=1S/C22H26N2O5S/c1-3-29-22(26)17-8-10-18(11-9-17)23-21(25)20-15-19(12-7-16(20)2)30(27,28)24-13-5-4-6-14-24/h7-12,15H,3-6,13-14H2,1-2H3,(H,23,25). The number of anilines is 1. The summed E-state index contributed by atoms with van der Waals surface area (Å²) < 4.78 is 32.3. The van der Waals surface area contributed by atoms with Crippen LogP contribution in [-0.4, -0.2) is 44.3 Å². The molecule has 2 aromatic rings. The van der Waals surface area contributed by atoms with E-state index in [4.69, 9.17) is 4.74 Å². The van der Waals surface area contributed by atoms with Gasteiger partial charge in [-0.3, -0.25) is 4.79 Å². The van der Waals surface area contributed by atoms with Gasteiger partial charge >= 0.3 is 5.97 Å². The highest BCUT2D eigenvalue weighted by Gasteiger charge is 2.27. The van der Waals surface area contributed by atoms with Crippen molar-refractivity contribution in [1.29, 1.82) is 0 Å². The number of aryl methyl sites for hydroxylation is 1. The minimum Gasteiger partial charge on any atom is -0.462 e. The molecular weight excluding hydrogens is 404 g/mol. The Kier molecular flexibility index (Phi) is 6.89. The van der Waals surface area contributed by atoms with Crippen molar-refractivity contribution in [2.75, 3.05) is 25.0 Å². The van der Waals surface area contributed by atoms with Gasteiger partial charge in [0.25, 0.3) is 5.91 Å². The lowest BCUT2D eigenvalue weighted by Crippen LogP contribution is -2.35. The third kappa shape index (κ3) is 4.88. The predicted octanol–water partition coefficient (Wildman–Crippen LogP) is 3.60. The number of piperidine rings is 1. The minimum atomic E-state index is -3.63. The van der Waals surface area contributed by atoms with Gasteiger partial charge < -0.3 is 10.1 Å². The highest BCUT2D eigenvalue weighted by Crippen LogP contribution is 2.23. The summed E-state index contributed by atoms with van der Waals surface area (Å²) in [5, 5.41) is 2.76. The van der Waals surface area contributed by atoms with Gasteiger partial charge in [-0.15, -0.1) is 0 Å². The van der Waals surface area contributed by atoms with E-state index in [1.165, 1.54) is 10.4 Å². The fraction of sp³-hybridized carbons (Fsp3) is 0.364. The molecule has 0 atom stereocenters. The summed E-state index contributed by atoms with van der Waals surface area (Å²) in [6, 6.07) is 11.0. The second-order valence-electron chi connectivity index (χ2n) is 7.19. The molecule has 0 radical (unpaired) electrons. The minimum absolute atomic E-state index is 0.123. The molecule has 1 aliphatic rings. The number of nitrogens with one attached hydrogen (secondary N) is 1. The molecule has 1 fully saturated rings. The van der Waals surface area contributed by atoms with Crippen molar-refractivity contribution >= 4 is 27.6 Å². The molecule has 0 bridgehead atoms. The van der Waals surface area contributed by atoms with E-state index < -0.39 is 21.9 Å². The second kappa shape index (κ2) is 9.40. The molecule has 8 heteroatoms. The van der Waals surface area contributed by atoms with Crippen LogP contribution in [0.2, 0.25) is 0 Å². The largest absolute Gasteiger partial charge is 0.462 e. The van der Waals surface area contributed by atoms with Gasteiger partial charge in [0, 0.05) is 24.3 Å². The highest BCUT2D eigenvalue weighted by atomic mass is 32.2. The zero-order valence-corrected chi connectivity index (χ0v) is 18.0. The molecule has 3 rings (SSSR count). The number of sulfonamides is 1. The Morgan fingerprint density at radius 2 is 1.70 bits per heavy atom. The molecule has 1 amide bonds. The number of amides is 1. The van der Waals surface area contributed by atoms with Crippen LogP contribution in [0, 0.1) is 6.92 Å². The molecule has 1 aliphatic heterocycles. The maximum Gasteiger partial charge on any atom is 0.338 e. The molecule has 30 heavy (non-hydrogen) atoms. The topological polar surface area (TPSA) is 92.8 Å². The summed E-state index contributed by atoms with van der Waals surface area (Å²) >= 11 is 0. The van der Waals surface area contributed by atoms with Crippen LogP contribution in [0.5, 0.6) is 0 Å². The van der Waals surface area contributed by atoms with Crippen molar-refractivity contribution in [3.8, 4) is 0 Å². The van der Waals surface area contributed by atoms with Gasteiger partial charge in [-0.1, -0.05) is 12.5 Å². The first-order valence-corrected chi connectivity index (χ1v) is 11.5. The molecule has 160 valence electrons. The van der Waals surface area contributed by atoms with Crippen molar-refractivity contribution < 1.29 is 22.7 Å². The summed E-state index contributed by atoms with van der Waals surface area (Å²) in [5.74, 6) is -0.839. The molecule has 1 heterocycles. The quantitative estimate of drug-likeness (QED) is 0.707. The number of hydrogen-bond donors (Lipinski definition) is 1. The molecule has 0 spiro atoms. The molecule has 2 aromatic carbocycles. The lowest BCUT2D eigenvalue weighted by Gasteiger charge is -2.26. The van der Waals surface area contributed by atoms with Crippen LogP contribution in [-0.2, 0) is 14.8 Å². The smallest absolute Gasteiger partial charge is 0.338 e. The Morgan fingerprint density at radius 3 is 2.33 bits per heavy atom. The number of rotatable bonds is 6. The fourth-order valence-corrected chi connectivity index (χ4v) is 4.91. The summed E-state index contributed by atoms with van der Waals surface area (Å²) in [4.78, 5) is 24.7. The molecule has 0 aromatic heterocycles. The number of ether oxygens (including phenoxy) is 1. The van der Waals surface area contributed by atoms with Crippen LogP contribution in [0.25, 0.3) is 0 Å². The molecule has 7 nitrogen and oxygen atoms in total. The van der Waals surface area contributed by atoms with Crippen molar-refractivity contribution in [2.24, 2.45) is 0 Å². The summed E-state index contributed by atoms with van der Waals surface area (Å²) in [6.45, 7) is 4.78. The second-order valence-corrected chi connectivity index (χ2v) is 9.13. The van der Waals surface area contributed by atoms with Crippen LogP contribution in [0.4, 0.5) is 5.69 Å². The van der Waals surface area contributed by atoms with Crippen LogP contribution >= 0.6 is 0 Å². The number of carbonyl (C=O) groups is 2. The first-order chi connectivity index (χ1) is 14.3. The summed E-state index contributed by atoms with van der Waals surface area (Å²) in [7, 11) is -3.63. The normalized spacial score (nSPS) is 14.9. The average Bonchev–Trinajstić information content (AvgIpc) is 2.75. The van der Waals surface area contributed by atoms with Gasteiger partial charge in [-0.2, -0.15) is 4.31 Å². The first kappa shape index (κ1) is 22.0.